The maximum absolute atomic E-state index is 12.5. The fourth-order valence-electron chi connectivity index (χ4n) is 2.41. The standard InChI is InChI=1S/C21H20N4O3/c1-14(2)20(27)22-15-8-10-16(11-9-15)23-21(28)18-12-13-19(26)25(24-18)17-6-4-3-5-7-17/h3-14H,1-2H3,(H,22,27)(H,23,28). The molecule has 1 heterocycles. The highest BCUT2D eigenvalue weighted by atomic mass is 16.2. The van der Waals surface area contributed by atoms with E-state index in [1.807, 2.05) is 19.9 Å². The van der Waals surface area contributed by atoms with Crippen LogP contribution in [-0.4, -0.2) is 21.6 Å². The van der Waals surface area contributed by atoms with Crippen LogP contribution in [0.15, 0.2) is 71.5 Å². The van der Waals surface area contributed by atoms with Crippen LogP contribution in [0.25, 0.3) is 5.69 Å². The number of hydrogen-bond acceptors (Lipinski definition) is 4. The Bertz CT molecular complexity index is 1040. The van der Waals surface area contributed by atoms with Crippen molar-refractivity contribution >= 4 is 23.2 Å². The van der Waals surface area contributed by atoms with Crippen molar-refractivity contribution < 1.29 is 9.59 Å². The normalized spacial score (nSPS) is 10.5. The van der Waals surface area contributed by atoms with Crippen molar-refractivity contribution in [2.75, 3.05) is 10.6 Å². The maximum atomic E-state index is 12.5. The van der Waals surface area contributed by atoms with E-state index in [9.17, 15) is 14.4 Å². The number of carbonyl (C=O) groups excluding carboxylic acids is 2. The molecule has 2 aromatic carbocycles. The van der Waals surface area contributed by atoms with Crippen molar-refractivity contribution in [2.24, 2.45) is 5.92 Å². The molecule has 0 bridgehead atoms. The molecule has 0 aliphatic carbocycles. The molecule has 7 nitrogen and oxygen atoms in total. The summed E-state index contributed by atoms with van der Waals surface area (Å²) in [5, 5.41) is 9.66. The van der Waals surface area contributed by atoms with Gasteiger partial charge in [0.1, 0.15) is 5.69 Å². The number of carbonyl (C=O) groups is 2. The van der Waals surface area contributed by atoms with Gasteiger partial charge in [-0.25, -0.2) is 0 Å². The first kappa shape index (κ1) is 19.0. The number of benzene rings is 2. The Morgan fingerprint density at radius 2 is 1.46 bits per heavy atom. The first-order valence-electron chi connectivity index (χ1n) is 8.82. The Hall–Kier alpha value is -3.74. The summed E-state index contributed by atoms with van der Waals surface area (Å²) in [6, 6.07) is 18.3. The lowest BCUT2D eigenvalue weighted by Crippen LogP contribution is -2.24. The molecular formula is C21H20N4O3. The van der Waals surface area contributed by atoms with Crippen molar-refractivity contribution in [1.29, 1.82) is 0 Å². The highest BCUT2D eigenvalue weighted by molar-refractivity contribution is 6.03. The predicted molar refractivity (Wildman–Crippen MR) is 108 cm³/mol. The summed E-state index contributed by atoms with van der Waals surface area (Å²) in [6.07, 6.45) is 0. The van der Waals surface area contributed by atoms with Gasteiger partial charge in [-0.05, 0) is 42.5 Å². The highest BCUT2D eigenvalue weighted by Gasteiger charge is 2.12. The third-order valence-corrected chi connectivity index (χ3v) is 3.97. The van der Waals surface area contributed by atoms with Gasteiger partial charge in [-0.1, -0.05) is 32.0 Å². The van der Waals surface area contributed by atoms with Gasteiger partial charge in [0.05, 0.1) is 5.69 Å². The summed E-state index contributed by atoms with van der Waals surface area (Å²) in [7, 11) is 0. The summed E-state index contributed by atoms with van der Waals surface area (Å²) >= 11 is 0. The minimum absolute atomic E-state index is 0.0795. The van der Waals surface area contributed by atoms with E-state index in [1.165, 1.54) is 16.8 Å². The van der Waals surface area contributed by atoms with Crippen LogP contribution < -0.4 is 16.2 Å². The zero-order valence-corrected chi connectivity index (χ0v) is 15.5. The summed E-state index contributed by atoms with van der Waals surface area (Å²) in [4.78, 5) is 36.3. The monoisotopic (exact) mass is 376 g/mol. The average Bonchev–Trinajstić information content (AvgIpc) is 2.70. The molecule has 1 aromatic heterocycles. The summed E-state index contributed by atoms with van der Waals surface area (Å²) in [5.74, 6) is -0.640. The Balaban J connectivity index is 1.75. The molecule has 2 amide bonds. The highest BCUT2D eigenvalue weighted by Crippen LogP contribution is 2.15. The maximum Gasteiger partial charge on any atom is 0.276 e. The van der Waals surface area contributed by atoms with Gasteiger partial charge in [0.25, 0.3) is 11.5 Å². The number of aromatic nitrogens is 2. The van der Waals surface area contributed by atoms with Gasteiger partial charge in [-0.2, -0.15) is 9.78 Å². The Labute approximate surface area is 162 Å². The van der Waals surface area contributed by atoms with Crippen molar-refractivity contribution in [1.82, 2.24) is 9.78 Å². The molecule has 28 heavy (non-hydrogen) atoms. The van der Waals surface area contributed by atoms with Gasteiger partial charge in [0.15, 0.2) is 0 Å². The van der Waals surface area contributed by atoms with Crippen molar-refractivity contribution in [2.45, 2.75) is 13.8 Å². The molecule has 0 radical (unpaired) electrons. The number of anilines is 2. The quantitative estimate of drug-likeness (QED) is 0.716. The summed E-state index contributed by atoms with van der Waals surface area (Å²) in [5.41, 5.74) is 1.56. The Morgan fingerprint density at radius 3 is 2.07 bits per heavy atom. The van der Waals surface area contributed by atoms with Crippen LogP contribution >= 0.6 is 0 Å². The SMILES string of the molecule is CC(C)C(=O)Nc1ccc(NC(=O)c2ccc(=O)n(-c3ccccc3)n2)cc1. The predicted octanol–water partition coefficient (Wildman–Crippen LogP) is 3.08. The van der Waals surface area contributed by atoms with E-state index in [0.29, 0.717) is 17.1 Å². The second kappa shape index (κ2) is 8.30. The molecule has 0 saturated carbocycles. The molecule has 3 aromatic rings. The lowest BCUT2D eigenvalue weighted by atomic mass is 10.2. The fourth-order valence-corrected chi connectivity index (χ4v) is 2.41. The molecule has 2 N–H and O–H groups in total. The lowest BCUT2D eigenvalue weighted by Gasteiger charge is -2.10. The van der Waals surface area contributed by atoms with E-state index >= 15 is 0 Å². The number of nitrogens with zero attached hydrogens (tertiary/aromatic N) is 2. The second-order valence-corrected chi connectivity index (χ2v) is 6.48. The van der Waals surface area contributed by atoms with Crippen LogP contribution in [0.5, 0.6) is 0 Å². The number of para-hydroxylation sites is 1. The first-order valence-corrected chi connectivity index (χ1v) is 8.82. The molecular weight excluding hydrogens is 356 g/mol. The minimum atomic E-state index is -0.441. The van der Waals surface area contributed by atoms with Gasteiger partial charge in [-0.15, -0.1) is 0 Å². The number of hydrogen-bond donors (Lipinski definition) is 2. The average molecular weight is 376 g/mol. The van der Waals surface area contributed by atoms with Crippen molar-refractivity contribution in [3.8, 4) is 5.69 Å². The van der Waals surface area contributed by atoms with E-state index in [4.69, 9.17) is 0 Å². The molecule has 0 spiro atoms. The zero-order valence-electron chi connectivity index (χ0n) is 15.5. The molecule has 7 heteroatoms. The number of amides is 2. The van der Waals surface area contributed by atoms with Crippen LogP contribution in [-0.2, 0) is 4.79 Å². The second-order valence-electron chi connectivity index (χ2n) is 6.48. The molecule has 3 rings (SSSR count). The van der Waals surface area contributed by atoms with Crippen LogP contribution in [0.2, 0.25) is 0 Å². The largest absolute Gasteiger partial charge is 0.326 e. The fraction of sp³-hybridized carbons (Fsp3) is 0.143. The minimum Gasteiger partial charge on any atom is -0.326 e. The summed E-state index contributed by atoms with van der Waals surface area (Å²) < 4.78 is 1.18. The summed E-state index contributed by atoms with van der Waals surface area (Å²) in [6.45, 7) is 3.62. The molecule has 0 aliphatic rings. The third kappa shape index (κ3) is 4.50. The Kier molecular flexibility index (Phi) is 5.64. The van der Waals surface area contributed by atoms with Crippen molar-refractivity contribution in [3.63, 3.8) is 0 Å². The molecule has 0 saturated heterocycles. The molecule has 0 aliphatic heterocycles. The molecule has 0 atom stereocenters. The smallest absolute Gasteiger partial charge is 0.276 e. The molecule has 142 valence electrons. The van der Waals surface area contributed by atoms with Gasteiger partial charge < -0.3 is 10.6 Å². The van der Waals surface area contributed by atoms with Crippen LogP contribution in [0.1, 0.15) is 24.3 Å². The molecule has 0 fully saturated rings. The first-order chi connectivity index (χ1) is 13.4. The van der Waals surface area contributed by atoms with Gasteiger partial charge in [0.2, 0.25) is 5.91 Å². The number of rotatable bonds is 5. The van der Waals surface area contributed by atoms with Crippen LogP contribution in [0, 0.1) is 5.92 Å². The van der Waals surface area contributed by atoms with Crippen LogP contribution in [0.4, 0.5) is 11.4 Å². The topological polar surface area (TPSA) is 93.1 Å². The van der Waals surface area contributed by atoms with E-state index < -0.39 is 5.91 Å². The zero-order chi connectivity index (χ0) is 20.1. The van der Waals surface area contributed by atoms with E-state index in [1.54, 1.807) is 48.5 Å². The van der Waals surface area contributed by atoms with Gasteiger partial charge >= 0.3 is 0 Å². The van der Waals surface area contributed by atoms with E-state index in [2.05, 4.69) is 15.7 Å². The van der Waals surface area contributed by atoms with E-state index in [0.717, 1.165) is 0 Å². The molecule has 0 unspecified atom stereocenters. The van der Waals surface area contributed by atoms with Crippen LogP contribution in [0.3, 0.4) is 0 Å². The lowest BCUT2D eigenvalue weighted by molar-refractivity contribution is -0.118. The third-order valence-electron chi connectivity index (χ3n) is 3.97. The van der Waals surface area contributed by atoms with E-state index in [-0.39, 0.29) is 23.1 Å². The number of nitrogens with one attached hydrogen (secondary N) is 2. The Morgan fingerprint density at radius 1 is 0.857 bits per heavy atom. The van der Waals surface area contributed by atoms with Crippen molar-refractivity contribution in [3.05, 3.63) is 82.8 Å². The van der Waals surface area contributed by atoms with Gasteiger partial charge in [0, 0.05) is 23.4 Å². The van der Waals surface area contributed by atoms with Gasteiger partial charge in [-0.3, -0.25) is 14.4 Å².